The fraction of sp³-hybridized carbons (Fsp3) is 0.333. The predicted octanol–water partition coefficient (Wildman–Crippen LogP) is 2.03. The van der Waals surface area contributed by atoms with E-state index < -0.39 is 23.2 Å². The third-order valence-electron chi connectivity index (χ3n) is 2.67. The first-order valence-corrected chi connectivity index (χ1v) is 5.18. The highest BCUT2D eigenvalue weighted by atomic mass is 19.1. The predicted molar refractivity (Wildman–Crippen MR) is 58.3 cm³/mol. The van der Waals surface area contributed by atoms with Gasteiger partial charge in [-0.05, 0) is 24.1 Å². The van der Waals surface area contributed by atoms with Gasteiger partial charge >= 0.3 is 11.9 Å². The maximum atomic E-state index is 13.1. The van der Waals surface area contributed by atoms with E-state index in [9.17, 15) is 14.0 Å². The Morgan fingerprint density at radius 2 is 1.88 bits per heavy atom. The summed E-state index contributed by atoms with van der Waals surface area (Å²) in [5.74, 6) is -3.60. The lowest BCUT2D eigenvalue weighted by molar-refractivity contribution is -0.158. The van der Waals surface area contributed by atoms with E-state index in [-0.39, 0.29) is 12.0 Å². The van der Waals surface area contributed by atoms with E-state index in [1.54, 1.807) is 6.92 Å². The molecule has 17 heavy (non-hydrogen) atoms. The van der Waals surface area contributed by atoms with Gasteiger partial charge in [-0.25, -0.2) is 4.39 Å². The number of hydrogen-bond acceptors (Lipinski definition) is 2. The van der Waals surface area contributed by atoms with Crippen LogP contribution in [-0.4, -0.2) is 22.2 Å². The molecule has 0 saturated carbocycles. The van der Waals surface area contributed by atoms with Gasteiger partial charge in [0.05, 0.1) is 0 Å². The minimum absolute atomic E-state index is 0.0423. The SMILES string of the molecule is CCCC(C(=O)O)(C(=O)O)c1cccc(F)c1. The lowest BCUT2D eigenvalue weighted by Gasteiger charge is -2.24. The molecule has 0 radical (unpaired) electrons. The Balaban J connectivity index is 3.41. The van der Waals surface area contributed by atoms with Crippen molar-refractivity contribution in [2.24, 2.45) is 0 Å². The molecule has 1 aromatic rings. The number of aliphatic carboxylic acids is 2. The zero-order chi connectivity index (χ0) is 13.1. The van der Waals surface area contributed by atoms with Gasteiger partial charge in [-0.3, -0.25) is 9.59 Å². The van der Waals surface area contributed by atoms with Crippen molar-refractivity contribution in [1.82, 2.24) is 0 Å². The summed E-state index contributed by atoms with van der Waals surface area (Å²) in [5.41, 5.74) is -2.11. The quantitative estimate of drug-likeness (QED) is 0.772. The second-order valence-corrected chi connectivity index (χ2v) is 3.78. The zero-order valence-corrected chi connectivity index (χ0v) is 9.31. The minimum Gasteiger partial charge on any atom is -0.480 e. The molecular formula is C12H13FO4. The van der Waals surface area contributed by atoms with Crippen molar-refractivity contribution in [3.8, 4) is 0 Å². The number of carbonyl (C=O) groups is 2. The molecule has 1 aromatic carbocycles. The van der Waals surface area contributed by atoms with E-state index in [4.69, 9.17) is 10.2 Å². The van der Waals surface area contributed by atoms with Crippen molar-refractivity contribution in [2.45, 2.75) is 25.2 Å². The van der Waals surface area contributed by atoms with Crippen LogP contribution < -0.4 is 0 Å². The summed E-state index contributed by atoms with van der Waals surface area (Å²) in [7, 11) is 0. The molecule has 0 aliphatic rings. The molecule has 0 unspecified atom stereocenters. The van der Waals surface area contributed by atoms with Gasteiger partial charge < -0.3 is 10.2 Å². The molecule has 0 aliphatic heterocycles. The molecule has 0 saturated heterocycles. The lowest BCUT2D eigenvalue weighted by Crippen LogP contribution is -2.43. The number of halogens is 1. The van der Waals surface area contributed by atoms with Crippen LogP contribution in [0.5, 0.6) is 0 Å². The van der Waals surface area contributed by atoms with Crippen molar-refractivity contribution in [3.63, 3.8) is 0 Å². The van der Waals surface area contributed by atoms with E-state index in [2.05, 4.69) is 0 Å². The van der Waals surface area contributed by atoms with Crippen LogP contribution in [0.1, 0.15) is 25.3 Å². The topological polar surface area (TPSA) is 74.6 Å². The average Bonchev–Trinajstić information content (AvgIpc) is 2.24. The van der Waals surface area contributed by atoms with Crippen LogP contribution in [0.25, 0.3) is 0 Å². The van der Waals surface area contributed by atoms with Gasteiger partial charge in [0.25, 0.3) is 0 Å². The lowest BCUT2D eigenvalue weighted by atomic mass is 9.77. The van der Waals surface area contributed by atoms with Crippen molar-refractivity contribution in [3.05, 3.63) is 35.6 Å². The number of carboxylic acids is 2. The van der Waals surface area contributed by atoms with Gasteiger partial charge in [0.15, 0.2) is 5.41 Å². The maximum Gasteiger partial charge on any atom is 0.325 e. The minimum atomic E-state index is -2.07. The van der Waals surface area contributed by atoms with E-state index in [1.165, 1.54) is 12.1 Å². The van der Waals surface area contributed by atoms with Crippen molar-refractivity contribution < 1.29 is 24.2 Å². The molecule has 0 aliphatic carbocycles. The molecule has 0 amide bonds. The van der Waals surface area contributed by atoms with Gasteiger partial charge in [0.2, 0.25) is 0 Å². The third-order valence-corrected chi connectivity index (χ3v) is 2.67. The standard InChI is InChI=1S/C12H13FO4/c1-2-6-12(10(14)15,11(16)17)8-4-3-5-9(13)7-8/h3-5,7H,2,6H2,1H3,(H,14,15)(H,16,17). The van der Waals surface area contributed by atoms with Crippen molar-refractivity contribution in [1.29, 1.82) is 0 Å². The van der Waals surface area contributed by atoms with Crippen LogP contribution in [0.4, 0.5) is 4.39 Å². The second kappa shape index (κ2) is 4.95. The van der Waals surface area contributed by atoms with E-state index in [1.807, 2.05) is 0 Å². The fourth-order valence-electron chi connectivity index (χ4n) is 1.83. The molecule has 0 fully saturated rings. The normalized spacial score (nSPS) is 11.2. The number of rotatable bonds is 5. The van der Waals surface area contributed by atoms with Crippen LogP contribution >= 0.6 is 0 Å². The molecule has 92 valence electrons. The third kappa shape index (κ3) is 2.27. The summed E-state index contributed by atoms with van der Waals surface area (Å²) in [4.78, 5) is 22.5. The Morgan fingerprint density at radius 1 is 1.29 bits per heavy atom. The molecular weight excluding hydrogens is 227 g/mol. The smallest absolute Gasteiger partial charge is 0.325 e. The Kier molecular flexibility index (Phi) is 3.83. The van der Waals surface area contributed by atoms with Gasteiger partial charge in [-0.2, -0.15) is 0 Å². The summed E-state index contributed by atoms with van der Waals surface area (Å²) >= 11 is 0. The van der Waals surface area contributed by atoms with Gasteiger partial charge in [0.1, 0.15) is 5.82 Å². The summed E-state index contributed by atoms with van der Waals surface area (Å²) in [6, 6.07) is 4.73. The molecule has 0 spiro atoms. The van der Waals surface area contributed by atoms with Crippen LogP contribution in [0.3, 0.4) is 0 Å². The summed E-state index contributed by atoms with van der Waals surface area (Å²) in [6.07, 6.45) is 0.288. The molecule has 2 N–H and O–H groups in total. The Bertz CT molecular complexity index is 428. The molecule has 0 heterocycles. The van der Waals surface area contributed by atoms with Crippen LogP contribution in [0, 0.1) is 5.82 Å². The summed E-state index contributed by atoms with van der Waals surface area (Å²) < 4.78 is 13.1. The second-order valence-electron chi connectivity index (χ2n) is 3.78. The first-order valence-electron chi connectivity index (χ1n) is 5.18. The van der Waals surface area contributed by atoms with Crippen LogP contribution in [0.15, 0.2) is 24.3 Å². The summed E-state index contributed by atoms with van der Waals surface area (Å²) in [5, 5.41) is 18.3. The first-order chi connectivity index (χ1) is 7.95. The fourth-order valence-corrected chi connectivity index (χ4v) is 1.83. The summed E-state index contributed by atoms with van der Waals surface area (Å²) in [6.45, 7) is 1.68. The van der Waals surface area contributed by atoms with E-state index in [0.717, 1.165) is 12.1 Å². The van der Waals surface area contributed by atoms with E-state index in [0.29, 0.717) is 6.42 Å². The molecule has 0 aromatic heterocycles. The van der Waals surface area contributed by atoms with Crippen molar-refractivity contribution >= 4 is 11.9 Å². The Labute approximate surface area is 97.7 Å². The highest BCUT2D eigenvalue weighted by Gasteiger charge is 2.47. The monoisotopic (exact) mass is 240 g/mol. The zero-order valence-electron chi connectivity index (χ0n) is 9.31. The number of hydrogen-bond donors (Lipinski definition) is 2. The van der Waals surface area contributed by atoms with Crippen molar-refractivity contribution in [2.75, 3.05) is 0 Å². The molecule has 1 rings (SSSR count). The van der Waals surface area contributed by atoms with Gasteiger partial charge in [-0.15, -0.1) is 0 Å². The maximum absolute atomic E-state index is 13.1. The highest BCUT2D eigenvalue weighted by Crippen LogP contribution is 2.31. The molecule has 4 nitrogen and oxygen atoms in total. The largest absolute Gasteiger partial charge is 0.480 e. The number of carboxylic acid groups (broad SMARTS) is 2. The van der Waals surface area contributed by atoms with Crippen LogP contribution in [0.2, 0.25) is 0 Å². The Hall–Kier alpha value is -1.91. The van der Waals surface area contributed by atoms with Crippen LogP contribution in [-0.2, 0) is 15.0 Å². The average molecular weight is 240 g/mol. The highest BCUT2D eigenvalue weighted by molar-refractivity contribution is 6.04. The molecule has 0 bridgehead atoms. The van der Waals surface area contributed by atoms with E-state index >= 15 is 0 Å². The van der Waals surface area contributed by atoms with Gasteiger partial charge in [0, 0.05) is 0 Å². The first kappa shape index (κ1) is 13.2. The number of benzene rings is 1. The van der Waals surface area contributed by atoms with Gasteiger partial charge in [-0.1, -0.05) is 25.5 Å². The molecule has 0 atom stereocenters. The Morgan fingerprint density at radius 3 is 2.29 bits per heavy atom. The molecule has 5 heteroatoms.